The van der Waals surface area contributed by atoms with Crippen LogP contribution in [0.3, 0.4) is 0 Å². The molecule has 0 atom stereocenters. The number of amides is 1. The molecule has 1 aromatic heterocycles. The summed E-state index contributed by atoms with van der Waals surface area (Å²) in [5, 5.41) is 3.17. The van der Waals surface area contributed by atoms with Gasteiger partial charge in [-0.3, -0.25) is 4.79 Å². The highest BCUT2D eigenvalue weighted by atomic mass is 32.2. The number of rotatable bonds is 6. The van der Waals surface area contributed by atoms with Crippen molar-refractivity contribution < 1.29 is 31.5 Å². The molecular formula is C21H21F2N3O5S2. The summed E-state index contributed by atoms with van der Waals surface area (Å²) in [6.07, 6.45) is 0.511. The molecule has 1 aliphatic rings. The van der Waals surface area contributed by atoms with Crippen molar-refractivity contribution in [3.8, 4) is 11.5 Å². The zero-order valence-corrected chi connectivity index (χ0v) is 19.4. The van der Waals surface area contributed by atoms with Crippen LogP contribution >= 0.6 is 11.3 Å². The number of fused-ring (bicyclic) bond motifs is 1. The summed E-state index contributed by atoms with van der Waals surface area (Å²) in [6, 6.07) is 5.83. The van der Waals surface area contributed by atoms with E-state index < -0.39 is 32.5 Å². The predicted octanol–water partition coefficient (Wildman–Crippen LogP) is 3.63. The molecule has 1 N–H and O–H groups in total. The Balaban J connectivity index is 1.45. The SMILES string of the molecule is COc1ccc(OC)c2sc(NC(=O)C3CCN(S(=O)(=O)c4ccc(F)cc4F)CC3)nc12. The van der Waals surface area contributed by atoms with E-state index in [4.69, 9.17) is 9.47 Å². The summed E-state index contributed by atoms with van der Waals surface area (Å²) in [5.41, 5.74) is 0.569. The van der Waals surface area contributed by atoms with Crippen molar-refractivity contribution >= 4 is 42.6 Å². The van der Waals surface area contributed by atoms with E-state index in [1.54, 1.807) is 19.2 Å². The Bertz CT molecular complexity index is 1260. The first kappa shape index (κ1) is 23.3. The number of aromatic nitrogens is 1. The van der Waals surface area contributed by atoms with Crippen molar-refractivity contribution in [1.29, 1.82) is 0 Å². The molecule has 1 fully saturated rings. The highest BCUT2D eigenvalue weighted by molar-refractivity contribution is 7.89. The number of carbonyl (C=O) groups excluding carboxylic acids is 1. The van der Waals surface area contributed by atoms with Crippen LogP contribution in [0.1, 0.15) is 12.8 Å². The number of piperidine rings is 1. The van der Waals surface area contributed by atoms with E-state index in [9.17, 15) is 22.0 Å². The van der Waals surface area contributed by atoms with Crippen molar-refractivity contribution in [3.63, 3.8) is 0 Å². The lowest BCUT2D eigenvalue weighted by atomic mass is 9.97. The number of nitrogens with zero attached hydrogens (tertiary/aromatic N) is 2. The van der Waals surface area contributed by atoms with Gasteiger partial charge in [-0.15, -0.1) is 0 Å². The van der Waals surface area contributed by atoms with Crippen molar-refractivity contribution in [1.82, 2.24) is 9.29 Å². The van der Waals surface area contributed by atoms with Crippen LogP contribution in [-0.2, 0) is 14.8 Å². The molecule has 4 rings (SSSR count). The van der Waals surface area contributed by atoms with Crippen LogP contribution in [0.2, 0.25) is 0 Å². The molecule has 12 heteroatoms. The number of thiazole rings is 1. The number of carbonyl (C=O) groups is 1. The van der Waals surface area contributed by atoms with Crippen molar-refractivity contribution in [2.45, 2.75) is 17.7 Å². The maximum atomic E-state index is 14.0. The van der Waals surface area contributed by atoms with Gasteiger partial charge in [0.15, 0.2) is 5.13 Å². The van der Waals surface area contributed by atoms with Crippen molar-refractivity contribution in [2.75, 3.05) is 32.6 Å². The number of ether oxygens (including phenoxy) is 2. The highest BCUT2D eigenvalue weighted by Crippen LogP contribution is 2.39. The van der Waals surface area contributed by atoms with Gasteiger partial charge in [-0.05, 0) is 37.1 Å². The lowest BCUT2D eigenvalue weighted by molar-refractivity contribution is -0.120. The molecule has 0 bridgehead atoms. The van der Waals surface area contributed by atoms with Gasteiger partial charge >= 0.3 is 0 Å². The molecule has 0 saturated carbocycles. The van der Waals surface area contributed by atoms with Crippen LogP contribution in [0.4, 0.5) is 13.9 Å². The molecule has 176 valence electrons. The molecular weight excluding hydrogens is 476 g/mol. The molecule has 2 heterocycles. The van der Waals surface area contributed by atoms with Gasteiger partial charge in [-0.25, -0.2) is 22.2 Å². The van der Waals surface area contributed by atoms with Gasteiger partial charge in [0.05, 0.1) is 14.2 Å². The van der Waals surface area contributed by atoms with Gasteiger partial charge in [0.25, 0.3) is 0 Å². The van der Waals surface area contributed by atoms with Crippen molar-refractivity contribution in [3.05, 3.63) is 42.0 Å². The summed E-state index contributed by atoms with van der Waals surface area (Å²) in [4.78, 5) is 16.7. The third-order valence-corrected chi connectivity index (χ3v) is 8.39. The smallest absolute Gasteiger partial charge is 0.245 e. The largest absolute Gasteiger partial charge is 0.495 e. The minimum atomic E-state index is -4.13. The lowest BCUT2D eigenvalue weighted by Crippen LogP contribution is -2.41. The Hall–Kier alpha value is -2.83. The highest BCUT2D eigenvalue weighted by Gasteiger charge is 2.34. The minimum absolute atomic E-state index is 0.0404. The summed E-state index contributed by atoms with van der Waals surface area (Å²) in [5.74, 6) is -1.56. The fourth-order valence-corrected chi connectivity index (χ4v) is 6.22. The Labute approximate surface area is 193 Å². The molecule has 1 aliphatic heterocycles. The maximum Gasteiger partial charge on any atom is 0.245 e. The summed E-state index contributed by atoms with van der Waals surface area (Å²) in [7, 11) is -1.06. The van der Waals surface area contributed by atoms with Crippen LogP contribution in [0.25, 0.3) is 10.2 Å². The normalized spacial score (nSPS) is 15.5. The van der Waals surface area contributed by atoms with E-state index in [0.717, 1.165) is 21.1 Å². The van der Waals surface area contributed by atoms with E-state index in [0.29, 0.717) is 28.2 Å². The van der Waals surface area contributed by atoms with Gasteiger partial charge in [0.1, 0.15) is 38.2 Å². The minimum Gasteiger partial charge on any atom is -0.495 e. The second-order valence-corrected chi connectivity index (χ2v) is 10.3. The Morgan fingerprint density at radius 1 is 1.12 bits per heavy atom. The average Bonchev–Trinajstić information content (AvgIpc) is 3.21. The maximum absolute atomic E-state index is 14.0. The summed E-state index contributed by atoms with van der Waals surface area (Å²) in [6.45, 7) is 0.0808. The van der Waals surface area contributed by atoms with Crippen LogP contribution in [0.5, 0.6) is 11.5 Å². The first-order valence-corrected chi connectivity index (χ1v) is 12.3. The number of nitrogens with one attached hydrogen (secondary N) is 1. The third-order valence-electron chi connectivity index (χ3n) is 5.48. The lowest BCUT2D eigenvalue weighted by Gasteiger charge is -2.30. The second-order valence-electron chi connectivity index (χ2n) is 7.41. The van der Waals surface area contributed by atoms with E-state index in [-0.39, 0.29) is 31.8 Å². The molecule has 2 aromatic carbocycles. The van der Waals surface area contributed by atoms with Crippen LogP contribution in [0, 0.1) is 17.6 Å². The topological polar surface area (TPSA) is 97.8 Å². The number of methoxy groups -OCH3 is 2. The van der Waals surface area contributed by atoms with Gasteiger partial charge in [0, 0.05) is 25.1 Å². The first-order chi connectivity index (χ1) is 15.7. The summed E-state index contributed by atoms with van der Waals surface area (Å²) >= 11 is 1.25. The second kappa shape index (κ2) is 9.20. The molecule has 1 amide bonds. The fraction of sp³-hybridized carbons (Fsp3) is 0.333. The molecule has 3 aromatic rings. The zero-order valence-electron chi connectivity index (χ0n) is 17.8. The fourth-order valence-electron chi connectivity index (χ4n) is 3.73. The van der Waals surface area contributed by atoms with Gasteiger partial charge in [-0.2, -0.15) is 4.31 Å². The van der Waals surface area contributed by atoms with Crippen LogP contribution in [-0.4, -0.2) is 50.9 Å². The molecule has 0 unspecified atom stereocenters. The quantitative estimate of drug-likeness (QED) is 0.559. The van der Waals surface area contributed by atoms with Crippen molar-refractivity contribution in [2.24, 2.45) is 5.92 Å². The van der Waals surface area contributed by atoms with E-state index in [1.165, 1.54) is 18.4 Å². The number of hydrogen-bond acceptors (Lipinski definition) is 7. The molecule has 0 radical (unpaired) electrons. The third kappa shape index (κ3) is 4.50. The number of sulfonamides is 1. The van der Waals surface area contributed by atoms with Crippen LogP contribution in [0.15, 0.2) is 35.2 Å². The molecule has 1 saturated heterocycles. The number of halogens is 2. The van der Waals surface area contributed by atoms with Crippen LogP contribution < -0.4 is 14.8 Å². The van der Waals surface area contributed by atoms with Gasteiger partial charge in [0.2, 0.25) is 15.9 Å². The monoisotopic (exact) mass is 497 g/mol. The summed E-state index contributed by atoms with van der Waals surface area (Å²) < 4.78 is 65.1. The van der Waals surface area contributed by atoms with Gasteiger partial charge < -0.3 is 14.8 Å². The molecule has 0 spiro atoms. The first-order valence-electron chi connectivity index (χ1n) is 10.0. The standard InChI is InChI=1S/C21H21F2N3O5S2/c1-30-15-4-5-16(31-2)19-18(15)24-21(32-19)25-20(27)12-7-9-26(10-8-12)33(28,29)17-6-3-13(22)11-14(17)23/h3-6,11-12H,7-10H2,1-2H3,(H,24,25,27). The van der Waals surface area contributed by atoms with E-state index >= 15 is 0 Å². The van der Waals surface area contributed by atoms with E-state index in [1.807, 2.05) is 0 Å². The number of benzene rings is 2. The number of hydrogen-bond donors (Lipinski definition) is 1. The Morgan fingerprint density at radius 3 is 2.42 bits per heavy atom. The van der Waals surface area contributed by atoms with Gasteiger partial charge in [-0.1, -0.05) is 11.3 Å². The zero-order chi connectivity index (χ0) is 23.8. The Kier molecular flexibility index (Phi) is 6.50. The molecule has 8 nitrogen and oxygen atoms in total. The Morgan fingerprint density at radius 2 is 1.79 bits per heavy atom. The molecule has 33 heavy (non-hydrogen) atoms. The average molecular weight is 498 g/mol. The van der Waals surface area contributed by atoms with E-state index in [2.05, 4.69) is 10.3 Å². The number of anilines is 1. The predicted molar refractivity (Wildman–Crippen MR) is 119 cm³/mol. The molecule has 0 aliphatic carbocycles.